The van der Waals surface area contributed by atoms with Crippen molar-refractivity contribution in [2.75, 3.05) is 33.0 Å². The molecule has 2 aliphatic rings. The van der Waals surface area contributed by atoms with Crippen LogP contribution in [-0.2, 0) is 33.2 Å². The molecule has 0 aromatic carbocycles. The maximum absolute atomic E-state index is 12.9. The van der Waals surface area contributed by atoms with Gasteiger partial charge >= 0.3 is 5.97 Å². The van der Waals surface area contributed by atoms with E-state index >= 15 is 0 Å². The van der Waals surface area contributed by atoms with Gasteiger partial charge in [-0.25, -0.2) is 0 Å². The van der Waals surface area contributed by atoms with Gasteiger partial charge in [0, 0.05) is 13.0 Å². The Morgan fingerprint density at radius 2 is 1.02 bits per heavy atom. The van der Waals surface area contributed by atoms with E-state index in [9.17, 15) is 40.5 Å². The van der Waals surface area contributed by atoms with E-state index in [0.717, 1.165) is 70.6 Å². The summed E-state index contributed by atoms with van der Waals surface area (Å²) in [6.45, 7) is 3.60. The second-order valence-electron chi connectivity index (χ2n) is 16.2. The number of hydrogen-bond donors (Lipinski definition) is 7. The lowest BCUT2D eigenvalue weighted by atomic mass is 9.98. The maximum Gasteiger partial charge on any atom is 0.306 e. The van der Waals surface area contributed by atoms with Crippen LogP contribution < -0.4 is 0 Å². The van der Waals surface area contributed by atoms with Crippen molar-refractivity contribution >= 4 is 5.97 Å². The van der Waals surface area contributed by atoms with Gasteiger partial charge in [0.1, 0.15) is 54.9 Å². The standard InChI is InChI=1S/C45H82O14/c1-3-5-7-9-11-13-15-17-18-20-22-24-26-28-37(47)57-34(31-54-29-27-25-23-21-19-16-14-12-10-8-6-4-2)32-55-44-43(53)41(51)39(49)36(59-44)33-56-45-42(52)40(50)38(48)35(30-46)58-45/h10,12-13,15,34-36,38-46,48-53H,3-9,11,14,16-33H2,1-2H3/b12-10-,15-13-. The van der Waals surface area contributed by atoms with Gasteiger partial charge in [0.2, 0.25) is 0 Å². The molecule has 0 aliphatic carbocycles. The number of unbranched alkanes of at least 4 members (excludes halogenated alkanes) is 17. The Morgan fingerprint density at radius 1 is 0.542 bits per heavy atom. The maximum atomic E-state index is 12.9. The summed E-state index contributed by atoms with van der Waals surface area (Å²) in [6, 6.07) is 0. The van der Waals surface area contributed by atoms with Crippen molar-refractivity contribution in [1.29, 1.82) is 0 Å². The molecule has 0 bridgehead atoms. The third kappa shape index (κ3) is 22.9. The van der Waals surface area contributed by atoms with Gasteiger partial charge < -0.3 is 64.2 Å². The first-order valence-electron chi connectivity index (χ1n) is 22.9. The van der Waals surface area contributed by atoms with Gasteiger partial charge in [0.15, 0.2) is 12.6 Å². The Kier molecular flexibility index (Phi) is 30.9. The summed E-state index contributed by atoms with van der Waals surface area (Å²) in [5.41, 5.74) is 0. The summed E-state index contributed by atoms with van der Waals surface area (Å²) >= 11 is 0. The van der Waals surface area contributed by atoms with Crippen LogP contribution in [0.15, 0.2) is 24.3 Å². The first kappa shape index (κ1) is 53.6. The van der Waals surface area contributed by atoms with E-state index < -0.39 is 80.7 Å². The molecular formula is C45H82O14. The zero-order valence-electron chi connectivity index (χ0n) is 36.2. The van der Waals surface area contributed by atoms with Crippen LogP contribution in [0, 0.1) is 0 Å². The van der Waals surface area contributed by atoms with Gasteiger partial charge in [-0.05, 0) is 57.8 Å². The lowest BCUT2D eigenvalue weighted by Gasteiger charge is -2.42. The zero-order valence-corrected chi connectivity index (χ0v) is 36.2. The van der Waals surface area contributed by atoms with Crippen LogP contribution in [0.5, 0.6) is 0 Å². The molecule has 2 saturated heterocycles. The number of aliphatic hydroxyl groups excluding tert-OH is 7. The summed E-state index contributed by atoms with van der Waals surface area (Å²) < 4.78 is 34.1. The molecule has 0 amide bonds. The number of carbonyl (C=O) groups excluding carboxylic acids is 1. The van der Waals surface area contributed by atoms with Gasteiger partial charge in [-0.2, -0.15) is 0 Å². The molecule has 346 valence electrons. The molecule has 0 aromatic rings. The van der Waals surface area contributed by atoms with Gasteiger partial charge in [-0.3, -0.25) is 4.79 Å². The minimum absolute atomic E-state index is 0.0554. The highest BCUT2D eigenvalue weighted by Crippen LogP contribution is 2.26. The average molecular weight is 847 g/mol. The second-order valence-corrected chi connectivity index (χ2v) is 16.2. The van der Waals surface area contributed by atoms with E-state index in [-0.39, 0.29) is 25.6 Å². The van der Waals surface area contributed by atoms with Gasteiger partial charge in [0.05, 0.1) is 26.4 Å². The zero-order chi connectivity index (χ0) is 43.1. The predicted octanol–water partition coefficient (Wildman–Crippen LogP) is 5.29. The highest BCUT2D eigenvalue weighted by molar-refractivity contribution is 5.69. The van der Waals surface area contributed by atoms with Crippen LogP contribution in [0.1, 0.15) is 155 Å². The molecular weight excluding hydrogens is 764 g/mol. The average Bonchev–Trinajstić information content (AvgIpc) is 3.23. The Bertz CT molecular complexity index is 1080. The Hall–Kier alpha value is -1.53. The topological polar surface area (TPSA) is 214 Å². The van der Waals surface area contributed by atoms with E-state index in [1.807, 2.05) is 0 Å². The summed E-state index contributed by atoms with van der Waals surface area (Å²) in [5.74, 6) is -0.389. The lowest BCUT2D eigenvalue weighted by Crippen LogP contribution is -2.61. The Balaban J connectivity index is 1.82. The minimum atomic E-state index is -1.71. The molecule has 0 saturated carbocycles. The quantitative estimate of drug-likeness (QED) is 0.0246. The number of carbonyl (C=O) groups is 1. The third-order valence-corrected chi connectivity index (χ3v) is 10.9. The molecule has 59 heavy (non-hydrogen) atoms. The highest BCUT2D eigenvalue weighted by atomic mass is 16.7. The van der Waals surface area contributed by atoms with Crippen LogP contribution in [0.2, 0.25) is 0 Å². The van der Waals surface area contributed by atoms with Crippen molar-refractivity contribution in [2.45, 2.75) is 223 Å². The molecule has 0 spiro atoms. The van der Waals surface area contributed by atoms with Crippen LogP contribution in [0.25, 0.3) is 0 Å². The van der Waals surface area contributed by atoms with Crippen molar-refractivity contribution < 1.29 is 69.0 Å². The van der Waals surface area contributed by atoms with Gasteiger partial charge in [0.25, 0.3) is 0 Å². The van der Waals surface area contributed by atoms with Crippen molar-refractivity contribution in [3.8, 4) is 0 Å². The fourth-order valence-electron chi connectivity index (χ4n) is 7.08. The summed E-state index contributed by atoms with van der Waals surface area (Å²) in [6.07, 6.45) is 16.7. The number of ether oxygens (including phenoxy) is 6. The highest BCUT2D eigenvalue weighted by Gasteiger charge is 2.47. The monoisotopic (exact) mass is 847 g/mol. The second kappa shape index (κ2) is 34.0. The molecule has 11 atom stereocenters. The van der Waals surface area contributed by atoms with Gasteiger partial charge in [-0.15, -0.1) is 0 Å². The molecule has 2 heterocycles. The number of rotatable bonds is 35. The van der Waals surface area contributed by atoms with Crippen molar-refractivity contribution in [3.05, 3.63) is 24.3 Å². The van der Waals surface area contributed by atoms with E-state index in [1.54, 1.807) is 0 Å². The van der Waals surface area contributed by atoms with Crippen LogP contribution in [0.3, 0.4) is 0 Å². The van der Waals surface area contributed by atoms with Crippen molar-refractivity contribution in [1.82, 2.24) is 0 Å². The van der Waals surface area contributed by atoms with Gasteiger partial charge in [-0.1, -0.05) is 115 Å². The molecule has 2 rings (SSSR count). The summed E-state index contributed by atoms with van der Waals surface area (Å²) in [7, 11) is 0. The van der Waals surface area contributed by atoms with Crippen LogP contribution >= 0.6 is 0 Å². The van der Waals surface area contributed by atoms with E-state index in [4.69, 9.17) is 28.4 Å². The van der Waals surface area contributed by atoms with E-state index in [2.05, 4.69) is 38.2 Å². The number of esters is 1. The molecule has 2 fully saturated rings. The molecule has 0 radical (unpaired) electrons. The van der Waals surface area contributed by atoms with E-state index in [1.165, 1.54) is 57.8 Å². The first-order chi connectivity index (χ1) is 28.6. The Morgan fingerprint density at radius 3 is 1.59 bits per heavy atom. The van der Waals surface area contributed by atoms with Crippen molar-refractivity contribution in [2.24, 2.45) is 0 Å². The largest absolute Gasteiger partial charge is 0.457 e. The lowest BCUT2D eigenvalue weighted by molar-refractivity contribution is -0.332. The van der Waals surface area contributed by atoms with Crippen LogP contribution in [0.4, 0.5) is 0 Å². The number of aliphatic hydroxyl groups is 7. The molecule has 2 aliphatic heterocycles. The van der Waals surface area contributed by atoms with Crippen molar-refractivity contribution in [3.63, 3.8) is 0 Å². The predicted molar refractivity (Wildman–Crippen MR) is 224 cm³/mol. The molecule has 7 N–H and O–H groups in total. The molecule has 14 nitrogen and oxygen atoms in total. The SMILES string of the molecule is CCCC/C=C\CCCCCCCCOCC(COC1OC(COC2OC(CO)C(O)C(O)C2O)C(O)C(O)C1O)OC(=O)CCCCCCC/C=C\CCCCCC. The fourth-order valence-corrected chi connectivity index (χ4v) is 7.08. The normalized spacial score (nSPS) is 28.2. The summed E-state index contributed by atoms with van der Waals surface area (Å²) in [4.78, 5) is 12.9. The number of hydrogen-bond acceptors (Lipinski definition) is 14. The molecule has 11 unspecified atom stereocenters. The first-order valence-corrected chi connectivity index (χ1v) is 22.9. The minimum Gasteiger partial charge on any atom is -0.457 e. The molecule has 14 heteroatoms. The van der Waals surface area contributed by atoms with E-state index in [0.29, 0.717) is 13.0 Å². The Labute approximate surface area is 354 Å². The number of allylic oxidation sites excluding steroid dienone is 4. The smallest absolute Gasteiger partial charge is 0.306 e. The third-order valence-electron chi connectivity index (χ3n) is 10.9. The molecule has 0 aromatic heterocycles. The van der Waals surface area contributed by atoms with Crippen LogP contribution in [-0.4, -0.2) is 142 Å². The summed E-state index contributed by atoms with van der Waals surface area (Å²) in [5, 5.41) is 71.9. The fraction of sp³-hybridized carbons (Fsp3) is 0.889.